The molecule has 1 aliphatic heterocycles. The van der Waals surface area contributed by atoms with Crippen molar-refractivity contribution in [2.75, 3.05) is 43.9 Å². The first-order chi connectivity index (χ1) is 15.7. The van der Waals surface area contributed by atoms with Crippen LogP contribution in [0.25, 0.3) is 0 Å². The van der Waals surface area contributed by atoms with Gasteiger partial charge in [0, 0.05) is 45.7 Å². The van der Waals surface area contributed by atoms with E-state index >= 15 is 0 Å². The molecule has 0 aliphatic carbocycles. The summed E-state index contributed by atoms with van der Waals surface area (Å²) >= 11 is 0. The van der Waals surface area contributed by atoms with Gasteiger partial charge in [-0.05, 0) is 50.1 Å². The van der Waals surface area contributed by atoms with Gasteiger partial charge >= 0.3 is 0 Å². The van der Waals surface area contributed by atoms with Crippen molar-refractivity contribution in [3.63, 3.8) is 0 Å². The molecular weight excluding hydrogens is 440 g/mol. The van der Waals surface area contributed by atoms with Crippen LogP contribution in [0.15, 0.2) is 47.4 Å². The molecule has 8 nitrogen and oxygen atoms in total. The Morgan fingerprint density at radius 2 is 1.76 bits per heavy atom. The molecule has 0 unspecified atom stereocenters. The normalized spacial score (nSPS) is 14.5. The highest BCUT2D eigenvalue weighted by Crippen LogP contribution is 2.30. The summed E-state index contributed by atoms with van der Waals surface area (Å²) in [7, 11) is 0.0319. The summed E-state index contributed by atoms with van der Waals surface area (Å²) in [6.45, 7) is 3.11. The van der Waals surface area contributed by atoms with Gasteiger partial charge in [0.05, 0.1) is 16.3 Å². The minimum Gasteiger partial charge on any atom is -0.376 e. The topological polar surface area (TPSA) is 98.8 Å². The van der Waals surface area contributed by atoms with Crippen LogP contribution in [0.2, 0.25) is 0 Å². The number of amides is 2. The van der Waals surface area contributed by atoms with Gasteiger partial charge in [-0.1, -0.05) is 24.1 Å². The average molecular weight is 473 g/mol. The first kappa shape index (κ1) is 24.7. The van der Waals surface area contributed by atoms with E-state index in [2.05, 4.69) is 10.6 Å². The van der Waals surface area contributed by atoms with E-state index in [9.17, 15) is 18.0 Å². The number of carbonyl (C=O) groups excluding carboxylic acids is 2. The Bertz CT molecular complexity index is 1110. The van der Waals surface area contributed by atoms with Crippen molar-refractivity contribution < 1.29 is 18.0 Å². The first-order valence-corrected chi connectivity index (χ1v) is 12.6. The van der Waals surface area contributed by atoms with Crippen molar-refractivity contribution in [3.05, 3.63) is 53.6 Å². The van der Waals surface area contributed by atoms with E-state index in [4.69, 9.17) is 0 Å². The van der Waals surface area contributed by atoms with E-state index < -0.39 is 10.0 Å². The van der Waals surface area contributed by atoms with Crippen LogP contribution in [0.4, 0.5) is 11.4 Å². The van der Waals surface area contributed by atoms with Crippen LogP contribution >= 0.6 is 0 Å². The fourth-order valence-electron chi connectivity index (χ4n) is 3.81. The Labute approximate surface area is 196 Å². The summed E-state index contributed by atoms with van der Waals surface area (Å²) in [5.74, 6) is -0.551. The van der Waals surface area contributed by atoms with E-state index in [0.717, 1.165) is 24.8 Å². The fourth-order valence-corrected chi connectivity index (χ4v) is 5.35. The summed E-state index contributed by atoms with van der Waals surface area (Å²) < 4.78 is 27.6. The Morgan fingerprint density at radius 3 is 2.42 bits per heavy atom. The van der Waals surface area contributed by atoms with Gasteiger partial charge in [-0.3, -0.25) is 9.59 Å². The van der Waals surface area contributed by atoms with Crippen molar-refractivity contribution in [1.82, 2.24) is 9.62 Å². The summed E-state index contributed by atoms with van der Waals surface area (Å²) in [4.78, 5) is 26.8. The molecule has 1 aliphatic rings. The van der Waals surface area contributed by atoms with Gasteiger partial charge < -0.3 is 15.5 Å². The smallest absolute Gasteiger partial charge is 0.251 e. The monoisotopic (exact) mass is 472 g/mol. The molecule has 0 spiro atoms. The highest BCUT2D eigenvalue weighted by atomic mass is 32.2. The number of aryl methyl sites for hydroxylation is 1. The van der Waals surface area contributed by atoms with Gasteiger partial charge in [-0.2, -0.15) is 4.31 Å². The van der Waals surface area contributed by atoms with Gasteiger partial charge in [-0.15, -0.1) is 0 Å². The predicted molar refractivity (Wildman–Crippen MR) is 130 cm³/mol. The molecule has 9 heteroatoms. The maximum atomic E-state index is 13.1. The van der Waals surface area contributed by atoms with Gasteiger partial charge in [0.1, 0.15) is 0 Å². The lowest BCUT2D eigenvalue weighted by atomic mass is 10.1. The molecule has 0 saturated carbocycles. The second-order valence-corrected chi connectivity index (χ2v) is 10.4. The quantitative estimate of drug-likeness (QED) is 0.615. The summed E-state index contributed by atoms with van der Waals surface area (Å²) in [6, 6.07) is 12.0. The van der Waals surface area contributed by atoms with E-state index in [1.165, 1.54) is 10.4 Å². The van der Waals surface area contributed by atoms with Crippen molar-refractivity contribution in [1.29, 1.82) is 0 Å². The summed E-state index contributed by atoms with van der Waals surface area (Å²) in [5.41, 5.74) is 2.65. The lowest BCUT2D eigenvalue weighted by Crippen LogP contribution is -2.35. The second-order valence-electron chi connectivity index (χ2n) is 8.46. The van der Waals surface area contributed by atoms with Crippen LogP contribution in [0, 0.1) is 6.92 Å². The molecule has 2 aromatic rings. The van der Waals surface area contributed by atoms with E-state index in [-0.39, 0.29) is 29.7 Å². The number of hydrogen-bond donors (Lipinski definition) is 2. The van der Waals surface area contributed by atoms with Gasteiger partial charge in [0.25, 0.3) is 5.91 Å². The van der Waals surface area contributed by atoms with E-state index in [0.29, 0.717) is 30.0 Å². The van der Waals surface area contributed by atoms with Crippen LogP contribution in [0.5, 0.6) is 0 Å². The van der Waals surface area contributed by atoms with Gasteiger partial charge in [0.15, 0.2) is 0 Å². The van der Waals surface area contributed by atoms with E-state index in [1.807, 2.05) is 38.1 Å². The third kappa shape index (κ3) is 6.33. The van der Waals surface area contributed by atoms with Crippen molar-refractivity contribution >= 4 is 33.2 Å². The predicted octanol–water partition coefficient (Wildman–Crippen LogP) is 2.99. The number of piperidine rings is 1. The van der Waals surface area contributed by atoms with Crippen molar-refractivity contribution in [2.45, 2.75) is 37.5 Å². The minimum absolute atomic E-state index is 0.0630. The lowest BCUT2D eigenvalue weighted by Gasteiger charge is -2.26. The lowest BCUT2D eigenvalue weighted by molar-refractivity contribution is -0.116. The fraction of sp³-hybridized carbons (Fsp3) is 0.417. The molecule has 1 saturated heterocycles. The molecule has 0 aromatic heterocycles. The maximum absolute atomic E-state index is 13.1. The molecule has 3 rings (SSSR count). The maximum Gasteiger partial charge on any atom is 0.251 e. The highest BCUT2D eigenvalue weighted by molar-refractivity contribution is 7.89. The second kappa shape index (κ2) is 10.8. The van der Waals surface area contributed by atoms with Crippen molar-refractivity contribution in [3.8, 4) is 0 Å². The number of anilines is 2. The number of benzene rings is 2. The Hall–Kier alpha value is -2.91. The Balaban J connectivity index is 1.67. The largest absolute Gasteiger partial charge is 0.376 e. The molecule has 2 aromatic carbocycles. The Morgan fingerprint density at radius 1 is 1.03 bits per heavy atom. The van der Waals surface area contributed by atoms with Crippen LogP contribution in [-0.2, 0) is 14.8 Å². The zero-order chi connectivity index (χ0) is 24.0. The highest BCUT2D eigenvalue weighted by Gasteiger charge is 2.27. The Kier molecular flexibility index (Phi) is 8.10. The first-order valence-electron chi connectivity index (χ1n) is 11.1. The van der Waals surface area contributed by atoms with Crippen LogP contribution < -0.4 is 15.5 Å². The molecule has 33 heavy (non-hydrogen) atoms. The molecule has 1 heterocycles. The third-order valence-corrected chi connectivity index (χ3v) is 7.49. The molecule has 0 atom stereocenters. The molecular formula is C24H32N4O4S. The van der Waals surface area contributed by atoms with Gasteiger partial charge in [-0.25, -0.2) is 8.42 Å². The summed E-state index contributed by atoms with van der Waals surface area (Å²) in [5, 5.41) is 5.56. The van der Waals surface area contributed by atoms with E-state index in [1.54, 1.807) is 24.3 Å². The van der Waals surface area contributed by atoms with Gasteiger partial charge in [0.2, 0.25) is 15.9 Å². The molecule has 0 radical (unpaired) electrons. The van der Waals surface area contributed by atoms with Crippen LogP contribution in [0.3, 0.4) is 0 Å². The zero-order valence-corrected chi connectivity index (χ0v) is 20.2. The minimum atomic E-state index is -3.62. The summed E-state index contributed by atoms with van der Waals surface area (Å²) in [6.07, 6.45) is 2.81. The number of sulfonamides is 1. The third-order valence-electron chi connectivity index (χ3n) is 5.59. The molecule has 2 amide bonds. The van der Waals surface area contributed by atoms with Crippen LogP contribution in [-0.4, -0.2) is 58.3 Å². The standard InChI is InChI=1S/C24H32N4O4S/c1-18-8-7-9-19(16-18)24(30)25-13-12-23(29)26-21-17-20(10-11-22(21)27(2)3)33(31,32)28-14-5-4-6-15-28/h7-11,16-17H,4-6,12-15H2,1-3H3,(H,25,30)(H,26,29). The zero-order valence-electron chi connectivity index (χ0n) is 19.4. The SMILES string of the molecule is Cc1cccc(C(=O)NCCC(=O)Nc2cc(S(=O)(=O)N3CCCCC3)ccc2N(C)C)c1. The molecule has 178 valence electrons. The number of nitrogens with one attached hydrogen (secondary N) is 2. The average Bonchev–Trinajstić information content (AvgIpc) is 2.79. The number of nitrogens with zero attached hydrogens (tertiary/aromatic N) is 2. The molecule has 2 N–H and O–H groups in total. The van der Waals surface area contributed by atoms with Crippen LogP contribution in [0.1, 0.15) is 41.6 Å². The van der Waals surface area contributed by atoms with Crippen molar-refractivity contribution in [2.24, 2.45) is 0 Å². The number of carbonyl (C=O) groups is 2. The number of hydrogen-bond acceptors (Lipinski definition) is 5. The molecule has 1 fully saturated rings. The number of rotatable bonds is 8. The molecule has 0 bridgehead atoms.